The highest BCUT2D eigenvalue weighted by atomic mass is 32.2. The van der Waals surface area contributed by atoms with E-state index in [1.54, 1.807) is 13.0 Å². The Bertz CT molecular complexity index is 1130. The molecule has 0 aromatic heterocycles. The standard InChI is InChI=1S/C18H19N5O6S/c1-13(14-5-4-6-15(11-14)22(24)25)19-20-17-8-7-16(12-18(17)23(26)27)30(28,29)21-9-2-3-10-21/h4-8,11-12,20H,2-3,9-10H2,1H3/b19-13+. The summed E-state index contributed by atoms with van der Waals surface area (Å²) in [4.78, 5) is 21.0. The molecule has 0 saturated carbocycles. The Balaban J connectivity index is 1.89. The SMILES string of the molecule is C/C(=N\Nc1ccc(S(=O)(=O)N2CCCC2)cc1[N+](=O)[O-])c1cccc([N+](=O)[O-])c1. The number of hydrogen-bond acceptors (Lipinski definition) is 8. The first kappa shape index (κ1) is 21.3. The van der Waals surface area contributed by atoms with Crippen LogP contribution in [0.5, 0.6) is 0 Å². The van der Waals surface area contributed by atoms with E-state index in [-0.39, 0.29) is 16.3 Å². The first-order valence-electron chi connectivity index (χ1n) is 9.04. The maximum absolute atomic E-state index is 12.7. The lowest BCUT2D eigenvalue weighted by Gasteiger charge is -2.15. The summed E-state index contributed by atoms with van der Waals surface area (Å²) in [6.45, 7) is 2.37. The molecule has 2 aromatic rings. The van der Waals surface area contributed by atoms with Crippen LogP contribution in [0.3, 0.4) is 0 Å². The van der Waals surface area contributed by atoms with Crippen molar-refractivity contribution in [1.82, 2.24) is 4.31 Å². The van der Waals surface area contributed by atoms with E-state index < -0.39 is 25.6 Å². The van der Waals surface area contributed by atoms with E-state index in [2.05, 4.69) is 10.5 Å². The zero-order valence-corrected chi connectivity index (χ0v) is 16.8. The van der Waals surface area contributed by atoms with Crippen molar-refractivity contribution in [3.8, 4) is 0 Å². The Hall–Kier alpha value is -3.38. The number of sulfonamides is 1. The summed E-state index contributed by atoms with van der Waals surface area (Å²) >= 11 is 0. The summed E-state index contributed by atoms with van der Waals surface area (Å²) in [5.74, 6) is 0. The molecule has 2 aromatic carbocycles. The third-order valence-electron chi connectivity index (χ3n) is 4.69. The van der Waals surface area contributed by atoms with Gasteiger partial charge in [-0.1, -0.05) is 12.1 Å². The van der Waals surface area contributed by atoms with Crippen LogP contribution in [0.1, 0.15) is 25.3 Å². The molecule has 11 nitrogen and oxygen atoms in total. The predicted octanol–water partition coefficient (Wildman–Crippen LogP) is 3.12. The van der Waals surface area contributed by atoms with Gasteiger partial charge in [-0.25, -0.2) is 8.42 Å². The van der Waals surface area contributed by atoms with Gasteiger partial charge in [0.05, 0.1) is 20.5 Å². The molecule has 0 amide bonds. The molecule has 12 heteroatoms. The minimum atomic E-state index is -3.80. The van der Waals surface area contributed by atoms with Crippen LogP contribution >= 0.6 is 0 Å². The zero-order chi connectivity index (χ0) is 21.9. The van der Waals surface area contributed by atoms with Crippen molar-refractivity contribution in [2.45, 2.75) is 24.7 Å². The Morgan fingerprint density at radius 2 is 1.77 bits per heavy atom. The van der Waals surface area contributed by atoms with Gasteiger partial charge in [-0.2, -0.15) is 9.41 Å². The summed E-state index contributed by atoms with van der Waals surface area (Å²) in [5.41, 5.74) is 2.84. The van der Waals surface area contributed by atoms with E-state index in [0.717, 1.165) is 18.9 Å². The van der Waals surface area contributed by atoms with Crippen LogP contribution in [-0.4, -0.2) is 41.4 Å². The Morgan fingerprint density at radius 1 is 1.07 bits per heavy atom. The molecule has 30 heavy (non-hydrogen) atoms. The summed E-state index contributed by atoms with van der Waals surface area (Å²) in [5, 5.41) is 26.5. The summed E-state index contributed by atoms with van der Waals surface area (Å²) in [6.07, 6.45) is 1.51. The highest BCUT2D eigenvalue weighted by Gasteiger charge is 2.29. The van der Waals surface area contributed by atoms with Crippen LogP contribution in [0.2, 0.25) is 0 Å². The zero-order valence-electron chi connectivity index (χ0n) is 16.0. The molecule has 0 radical (unpaired) electrons. The van der Waals surface area contributed by atoms with E-state index >= 15 is 0 Å². The molecular weight excluding hydrogens is 414 g/mol. The Kier molecular flexibility index (Phi) is 6.08. The quantitative estimate of drug-likeness (QED) is 0.400. The monoisotopic (exact) mass is 433 g/mol. The average Bonchev–Trinajstić information content (AvgIpc) is 3.27. The number of nitro benzene ring substituents is 2. The highest BCUT2D eigenvalue weighted by Crippen LogP contribution is 2.30. The van der Waals surface area contributed by atoms with Crippen molar-refractivity contribution in [3.63, 3.8) is 0 Å². The van der Waals surface area contributed by atoms with Crippen molar-refractivity contribution in [1.29, 1.82) is 0 Å². The van der Waals surface area contributed by atoms with E-state index in [1.807, 2.05) is 0 Å². The van der Waals surface area contributed by atoms with Gasteiger partial charge in [0, 0.05) is 36.9 Å². The van der Waals surface area contributed by atoms with Crippen LogP contribution in [0, 0.1) is 20.2 Å². The molecule has 0 unspecified atom stereocenters. The minimum absolute atomic E-state index is 0.00477. The Labute approximate surface area is 172 Å². The van der Waals surface area contributed by atoms with Crippen molar-refractivity contribution in [2.75, 3.05) is 18.5 Å². The second-order valence-corrected chi connectivity index (χ2v) is 8.60. The van der Waals surface area contributed by atoms with Gasteiger partial charge in [0.25, 0.3) is 11.4 Å². The fraction of sp³-hybridized carbons (Fsp3) is 0.278. The van der Waals surface area contributed by atoms with Gasteiger partial charge in [0.1, 0.15) is 5.69 Å². The van der Waals surface area contributed by atoms with Crippen LogP contribution in [0.15, 0.2) is 52.5 Å². The van der Waals surface area contributed by atoms with E-state index in [9.17, 15) is 28.6 Å². The molecular formula is C18H19N5O6S. The van der Waals surface area contributed by atoms with Crippen molar-refractivity contribution in [3.05, 3.63) is 68.3 Å². The molecule has 0 atom stereocenters. The maximum Gasteiger partial charge on any atom is 0.295 e. The van der Waals surface area contributed by atoms with Crippen LogP contribution in [0.4, 0.5) is 17.1 Å². The second kappa shape index (κ2) is 8.55. The number of hydrogen-bond donors (Lipinski definition) is 1. The topological polar surface area (TPSA) is 148 Å². The largest absolute Gasteiger partial charge is 0.295 e. The Morgan fingerprint density at radius 3 is 2.40 bits per heavy atom. The number of nitro groups is 2. The number of hydrazone groups is 1. The number of non-ortho nitro benzene ring substituents is 1. The van der Waals surface area contributed by atoms with Crippen LogP contribution < -0.4 is 5.43 Å². The first-order chi connectivity index (χ1) is 14.2. The third-order valence-corrected chi connectivity index (χ3v) is 6.58. The van der Waals surface area contributed by atoms with Gasteiger partial charge in [-0.3, -0.25) is 25.7 Å². The second-order valence-electron chi connectivity index (χ2n) is 6.66. The molecule has 0 spiro atoms. The smallest absolute Gasteiger partial charge is 0.271 e. The van der Waals surface area contributed by atoms with Crippen molar-refractivity contribution < 1.29 is 18.3 Å². The number of rotatable bonds is 7. The molecule has 1 aliphatic heterocycles. The normalized spacial score (nSPS) is 15.2. The molecule has 3 rings (SSSR count). The van der Waals surface area contributed by atoms with Crippen LogP contribution in [-0.2, 0) is 10.0 Å². The molecule has 0 bridgehead atoms. The van der Waals surface area contributed by atoms with Gasteiger partial charge < -0.3 is 0 Å². The molecule has 1 saturated heterocycles. The number of benzene rings is 2. The summed E-state index contributed by atoms with van der Waals surface area (Å²) in [6, 6.07) is 9.39. The lowest BCUT2D eigenvalue weighted by molar-refractivity contribution is -0.384. The molecule has 1 heterocycles. The molecule has 1 aliphatic rings. The first-order valence-corrected chi connectivity index (χ1v) is 10.5. The number of nitrogens with one attached hydrogen (secondary N) is 1. The van der Waals surface area contributed by atoms with Crippen molar-refractivity contribution >= 4 is 32.8 Å². The lowest BCUT2D eigenvalue weighted by atomic mass is 10.1. The molecule has 158 valence electrons. The van der Waals surface area contributed by atoms with E-state index in [4.69, 9.17) is 0 Å². The number of nitrogens with zero attached hydrogens (tertiary/aromatic N) is 4. The third kappa shape index (κ3) is 4.44. The van der Waals surface area contributed by atoms with Gasteiger partial charge in [-0.15, -0.1) is 0 Å². The summed E-state index contributed by atoms with van der Waals surface area (Å²) < 4.78 is 26.6. The molecule has 1 fully saturated rings. The average molecular weight is 433 g/mol. The van der Waals surface area contributed by atoms with Gasteiger partial charge in [0.2, 0.25) is 10.0 Å². The fourth-order valence-corrected chi connectivity index (χ4v) is 4.59. The van der Waals surface area contributed by atoms with Crippen LogP contribution in [0.25, 0.3) is 0 Å². The van der Waals surface area contributed by atoms with E-state index in [1.165, 1.54) is 34.6 Å². The number of anilines is 1. The van der Waals surface area contributed by atoms with Crippen molar-refractivity contribution in [2.24, 2.45) is 5.10 Å². The molecule has 1 N–H and O–H groups in total. The van der Waals surface area contributed by atoms with Gasteiger partial charge in [0.15, 0.2) is 0 Å². The predicted molar refractivity (Wildman–Crippen MR) is 110 cm³/mol. The molecule has 0 aliphatic carbocycles. The maximum atomic E-state index is 12.7. The van der Waals surface area contributed by atoms with E-state index in [0.29, 0.717) is 24.4 Å². The summed E-state index contributed by atoms with van der Waals surface area (Å²) in [7, 11) is -3.80. The lowest BCUT2D eigenvalue weighted by Crippen LogP contribution is -2.27. The fourth-order valence-electron chi connectivity index (χ4n) is 3.05. The van der Waals surface area contributed by atoms with Gasteiger partial charge in [-0.05, 0) is 31.9 Å². The highest BCUT2D eigenvalue weighted by molar-refractivity contribution is 7.89. The minimum Gasteiger partial charge on any atom is -0.271 e. The van der Waals surface area contributed by atoms with Gasteiger partial charge >= 0.3 is 0 Å².